The Morgan fingerprint density at radius 1 is 1.00 bits per heavy atom. The zero-order valence-electron chi connectivity index (χ0n) is 17.0. The van der Waals surface area contributed by atoms with Gasteiger partial charge in [-0.2, -0.15) is 0 Å². The van der Waals surface area contributed by atoms with E-state index in [4.69, 9.17) is 9.47 Å². The van der Waals surface area contributed by atoms with Crippen LogP contribution in [0.3, 0.4) is 0 Å². The number of hydrogen-bond acceptors (Lipinski definition) is 3. The summed E-state index contributed by atoms with van der Waals surface area (Å²) in [6.45, 7) is 12.7. The van der Waals surface area contributed by atoms with E-state index in [2.05, 4.69) is 63.9 Å². The molecule has 0 bridgehead atoms. The van der Waals surface area contributed by atoms with Gasteiger partial charge in [-0.15, -0.1) is 0 Å². The lowest BCUT2D eigenvalue weighted by Crippen LogP contribution is -2.29. The van der Waals surface area contributed by atoms with Crippen LogP contribution >= 0.6 is 0 Å². The first-order valence-corrected chi connectivity index (χ1v) is 9.19. The lowest BCUT2D eigenvalue weighted by Gasteiger charge is -2.29. The molecule has 3 nitrogen and oxygen atoms in total. The van der Waals surface area contributed by atoms with Gasteiger partial charge in [0.25, 0.3) is 0 Å². The minimum atomic E-state index is 0.0248. The molecule has 0 aliphatic carbocycles. The van der Waals surface area contributed by atoms with Crippen LogP contribution in [-0.2, 0) is 0 Å². The number of nitrogens with zero attached hydrogens (tertiary/aromatic N) is 1. The number of aliphatic imine (C=N–C) groups is 1. The Kier molecular flexibility index (Phi) is 6.47. The number of para-hydroxylation sites is 1. The highest BCUT2D eigenvalue weighted by Crippen LogP contribution is 2.37. The number of methoxy groups -OCH3 is 1. The van der Waals surface area contributed by atoms with Crippen LogP contribution in [0.15, 0.2) is 47.5 Å². The van der Waals surface area contributed by atoms with Crippen molar-refractivity contribution in [3.8, 4) is 22.6 Å². The topological polar surface area (TPSA) is 30.8 Å². The average molecular weight is 354 g/mol. The van der Waals surface area contributed by atoms with Crippen molar-refractivity contribution in [2.45, 2.75) is 53.7 Å². The van der Waals surface area contributed by atoms with E-state index in [1.807, 2.05) is 31.3 Å². The van der Waals surface area contributed by atoms with Gasteiger partial charge >= 0.3 is 0 Å². The van der Waals surface area contributed by atoms with Crippen LogP contribution in [0.25, 0.3) is 11.1 Å². The first-order valence-electron chi connectivity index (χ1n) is 9.19. The maximum Gasteiger partial charge on any atom is 0.126 e. The van der Waals surface area contributed by atoms with E-state index in [0.29, 0.717) is 0 Å². The van der Waals surface area contributed by atoms with Gasteiger partial charge in [-0.3, -0.25) is 4.99 Å². The molecule has 26 heavy (non-hydrogen) atoms. The Morgan fingerprint density at radius 2 is 1.69 bits per heavy atom. The van der Waals surface area contributed by atoms with Crippen LogP contribution < -0.4 is 9.47 Å². The van der Waals surface area contributed by atoms with Gasteiger partial charge in [-0.05, 0) is 56.2 Å². The monoisotopic (exact) mass is 353 g/mol. The summed E-state index contributed by atoms with van der Waals surface area (Å²) in [4.78, 5) is 4.57. The highest BCUT2D eigenvalue weighted by atomic mass is 16.5. The van der Waals surface area contributed by atoms with Gasteiger partial charge in [0.05, 0.1) is 13.2 Å². The van der Waals surface area contributed by atoms with Gasteiger partial charge in [-0.1, -0.05) is 45.0 Å². The van der Waals surface area contributed by atoms with Gasteiger partial charge in [0.2, 0.25) is 0 Å². The molecule has 0 saturated heterocycles. The Hall–Kier alpha value is -2.29. The molecule has 2 aromatic carbocycles. The molecule has 3 heteroatoms. The normalized spacial score (nSPS) is 14.3. The number of ether oxygens (including phenoxy) is 2. The first-order chi connectivity index (χ1) is 12.3. The zero-order valence-corrected chi connectivity index (χ0v) is 17.0. The molecule has 0 aromatic heterocycles. The van der Waals surface area contributed by atoms with E-state index in [1.54, 1.807) is 7.11 Å². The van der Waals surface area contributed by atoms with E-state index < -0.39 is 0 Å². The smallest absolute Gasteiger partial charge is 0.126 e. The quantitative estimate of drug-likeness (QED) is 0.568. The third kappa shape index (κ3) is 4.66. The van der Waals surface area contributed by atoms with Crippen LogP contribution in [0, 0.1) is 5.41 Å². The van der Waals surface area contributed by atoms with Crippen molar-refractivity contribution in [1.29, 1.82) is 0 Å². The molecular weight excluding hydrogens is 322 g/mol. The van der Waals surface area contributed by atoms with Crippen molar-refractivity contribution >= 4 is 6.21 Å². The summed E-state index contributed by atoms with van der Waals surface area (Å²) in [7, 11) is 1.70. The molecule has 0 aliphatic rings. The predicted octanol–water partition coefficient (Wildman–Crippen LogP) is 6.33. The van der Waals surface area contributed by atoms with E-state index in [-0.39, 0.29) is 17.6 Å². The van der Waals surface area contributed by atoms with Crippen LogP contribution in [0.5, 0.6) is 11.5 Å². The van der Waals surface area contributed by atoms with Crippen LogP contribution in [0.4, 0.5) is 0 Å². The van der Waals surface area contributed by atoms with Gasteiger partial charge in [0, 0.05) is 11.1 Å². The fourth-order valence-corrected chi connectivity index (χ4v) is 2.70. The summed E-state index contributed by atoms with van der Waals surface area (Å²) in [5.74, 6) is 1.76. The highest BCUT2D eigenvalue weighted by Gasteiger charge is 2.24. The molecule has 2 aromatic rings. The largest absolute Gasteiger partial charge is 0.496 e. The third-order valence-corrected chi connectivity index (χ3v) is 4.77. The molecule has 0 aliphatic heterocycles. The SMILES string of the molecule is C/C=N\C(C)c1cc(-c2ccccc2OC)ccc1OC(C)C(C)(C)C. The van der Waals surface area contributed by atoms with Crippen molar-refractivity contribution < 1.29 is 9.47 Å². The Morgan fingerprint density at radius 3 is 2.31 bits per heavy atom. The molecule has 0 heterocycles. The minimum absolute atomic E-state index is 0.0248. The van der Waals surface area contributed by atoms with Gasteiger partial charge in [-0.25, -0.2) is 0 Å². The molecule has 0 amide bonds. The summed E-state index contributed by atoms with van der Waals surface area (Å²) < 4.78 is 11.8. The summed E-state index contributed by atoms with van der Waals surface area (Å²) in [6, 6.07) is 14.4. The van der Waals surface area contributed by atoms with E-state index in [9.17, 15) is 0 Å². The molecule has 0 radical (unpaired) electrons. The predicted molar refractivity (Wildman–Crippen MR) is 111 cm³/mol. The third-order valence-electron chi connectivity index (χ3n) is 4.77. The molecular formula is C23H31NO2. The van der Waals surface area contributed by atoms with E-state index in [1.165, 1.54) is 0 Å². The van der Waals surface area contributed by atoms with Crippen molar-refractivity contribution in [3.63, 3.8) is 0 Å². The second-order valence-corrected chi connectivity index (χ2v) is 7.66. The Bertz CT molecular complexity index is 759. The van der Waals surface area contributed by atoms with Gasteiger partial charge in [0.15, 0.2) is 0 Å². The molecule has 2 rings (SSSR count). The second kappa shape index (κ2) is 8.39. The molecule has 0 saturated carbocycles. The van der Waals surface area contributed by atoms with Gasteiger partial charge < -0.3 is 9.47 Å². The fourth-order valence-electron chi connectivity index (χ4n) is 2.70. The summed E-state index contributed by atoms with van der Waals surface area (Å²) in [5.41, 5.74) is 3.32. The summed E-state index contributed by atoms with van der Waals surface area (Å²) >= 11 is 0. The van der Waals surface area contributed by atoms with Crippen molar-refractivity contribution in [2.24, 2.45) is 10.4 Å². The molecule has 0 spiro atoms. The van der Waals surface area contributed by atoms with Crippen molar-refractivity contribution in [2.75, 3.05) is 7.11 Å². The molecule has 0 N–H and O–H groups in total. The maximum atomic E-state index is 6.32. The number of benzene rings is 2. The molecule has 0 fully saturated rings. The average Bonchev–Trinajstić information content (AvgIpc) is 2.61. The number of rotatable bonds is 6. The van der Waals surface area contributed by atoms with Crippen LogP contribution in [-0.4, -0.2) is 19.4 Å². The lowest BCUT2D eigenvalue weighted by molar-refractivity contribution is 0.102. The van der Waals surface area contributed by atoms with Crippen LogP contribution in [0.2, 0.25) is 0 Å². The Balaban J connectivity index is 2.51. The van der Waals surface area contributed by atoms with Crippen LogP contribution in [0.1, 0.15) is 53.1 Å². The van der Waals surface area contributed by atoms with Crippen molar-refractivity contribution in [1.82, 2.24) is 0 Å². The Labute approximate surface area is 158 Å². The summed E-state index contributed by atoms with van der Waals surface area (Å²) in [5, 5.41) is 0. The lowest BCUT2D eigenvalue weighted by atomic mass is 9.90. The summed E-state index contributed by atoms with van der Waals surface area (Å²) in [6.07, 6.45) is 1.94. The van der Waals surface area contributed by atoms with Crippen molar-refractivity contribution in [3.05, 3.63) is 48.0 Å². The molecule has 140 valence electrons. The van der Waals surface area contributed by atoms with E-state index in [0.717, 1.165) is 28.2 Å². The van der Waals surface area contributed by atoms with Gasteiger partial charge in [0.1, 0.15) is 17.6 Å². The minimum Gasteiger partial charge on any atom is -0.496 e. The zero-order chi connectivity index (χ0) is 19.3. The molecule has 2 atom stereocenters. The fraction of sp³-hybridized carbons (Fsp3) is 0.435. The first kappa shape index (κ1) is 20.0. The maximum absolute atomic E-state index is 6.32. The highest BCUT2D eigenvalue weighted by molar-refractivity contribution is 5.72. The second-order valence-electron chi connectivity index (χ2n) is 7.66. The van der Waals surface area contributed by atoms with E-state index >= 15 is 0 Å². The molecule has 2 unspecified atom stereocenters. The number of hydrogen-bond donors (Lipinski definition) is 0. The standard InChI is InChI=1S/C23H31NO2/c1-8-24-16(2)20-15-18(19-11-9-10-12-21(19)25-7)13-14-22(20)26-17(3)23(4,5)6/h8-17H,1-7H3/b24-8-.